The summed E-state index contributed by atoms with van der Waals surface area (Å²) >= 11 is 1.53. The summed E-state index contributed by atoms with van der Waals surface area (Å²) in [6, 6.07) is 27.8. The first kappa shape index (κ1) is 18.2. The molecule has 0 amide bonds. The topological polar surface area (TPSA) is 35.0 Å². The van der Waals surface area contributed by atoms with Crippen LogP contribution < -0.4 is 4.74 Å². The van der Waals surface area contributed by atoms with Crippen molar-refractivity contribution in [2.24, 2.45) is 0 Å². The lowest BCUT2D eigenvalue weighted by atomic mass is 10.1. The van der Waals surface area contributed by atoms with Crippen LogP contribution in [0.15, 0.2) is 96.2 Å². The molecule has 4 rings (SSSR count). The summed E-state index contributed by atoms with van der Waals surface area (Å²) in [5.41, 5.74) is 2.92. The summed E-state index contributed by atoms with van der Waals surface area (Å²) in [5.74, 6) is 1.18. The molecule has 0 aliphatic heterocycles. The van der Waals surface area contributed by atoms with Crippen LogP contribution in [0.1, 0.15) is 5.56 Å². The van der Waals surface area contributed by atoms with E-state index in [4.69, 9.17) is 4.74 Å². The van der Waals surface area contributed by atoms with Crippen molar-refractivity contribution >= 4 is 11.8 Å². The maximum Gasteiger partial charge on any atom is 0.223 e. The summed E-state index contributed by atoms with van der Waals surface area (Å²) in [6.45, 7) is 0. The second-order valence-corrected chi connectivity index (χ2v) is 7.02. The van der Waals surface area contributed by atoms with Gasteiger partial charge in [-0.25, -0.2) is 9.37 Å². The van der Waals surface area contributed by atoms with E-state index in [0.29, 0.717) is 16.8 Å². The molecule has 0 radical (unpaired) electrons. The fourth-order valence-corrected chi connectivity index (χ4v) is 3.46. The largest absolute Gasteiger partial charge is 0.439 e. The molecule has 0 fully saturated rings. The molecular formula is C23H17FN2OS. The Balaban J connectivity index is 1.64. The number of ether oxygens (including phenoxy) is 1. The van der Waals surface area contributed by atoms with Gasteiger partial charge in [-0.15, -0.1) is 0 Å². The average Bonchev–Trinajstić information content (AvgIpc) is 2.74. The molecule has 28 heavy (non-hydrogen) atoms. The Kier molecular flexibility index (Phi) is 5.64. The minimum absolute atomic E-state index is 0.353. The van der Waals surface area contributed by atoms with E-state index < -0.39 is 0 Å². The van der Waals surface area contributed by atoms with Crippen LogP contribution in [-0.4, -0.2) is 9.97 Å². The molecule has 4 aromatic rings. The van der Waals surface area contributed by atoms with E-state index >= 15 is 0 Å². The van der Waals surface area contributed by atoms with E-state index in [1.54, 1.807) is 18.2 Å². The van der Waals surface area contributed by atoms with Crippen LogP contribution in [0.2, 0.25) is 0 Å². The Morgan fingerprint density at radius 3 is 2.29 bits per heavy atom. The fourth-order valence-electron chi connectivity index (χ4n) is 2.65. The van der Waals surface area contributed by atoms with Crippen molar-refractivity contribution in [3.63, 3.8) is 0 Å². The molecule has 1 heterocycles. The highest BCUT2D eigenvalue weighted by Crippen LogP contribution is 2.29. The summed E-state index contributed by atoms with van der Waals surface area (Å²) < 4.78 is 19.3. The maximum atomic E-state index is 13.5. The molecule has 0 aliphatic rings. The fraction of sp³-hybridized carbons (Fsp3) is 0.0435. The lowest BCUT2D eigenvalue weighted by Crippen LogP contribution is -1.96. The third-order valence-electron chi connectivity index (χ3n) is 3.98. The molecule has 0 atom stereocenters. The third-order valence-corrected chi connectivity index (χ3v) is 4.90. The van der Waals surface area contributed by atoms with Crippen LogP contribution in [0.25, 0.3) is 11.3 Å². The van der Waals surface area contributed by atoms with Crippen LogP contribution >= 0.6 is 11.8 Å². The van der Waals surface area contributed by atoms with Gasteiger partial charge in [-0.2, -0.15) is 4.98 Å². The first-order valence-electron chi connectivity index (χ1n) is 8.81. The van der Waals surface area contributed by atoms with E-state index in [1.165, 1.54) is 29.5 Å². The smallest absolute Gasteiger partial charge is 0.223 e. The zero-order valence-corrected chi connectivity index (χ0v) is 15.8. The molecule has 5 heteroatoms. The minimum atomic E-state index is -0.353. The highest BCUT2D eigenvalue weighted by Gasteiger charge is 2.10. The van der Waals surface area contributed by atoms with Gasteiger partial charge in [0.1, 0.15) is 11.6 Å². The van der Waals surface area contributed by atoms with E-state index in [9.17, 15) is 4.39 Å². The van der Waals surface area contributed by atoms with Crippen LogP contribution in [-0.2, 0) is 5.75 Å². The predicted octanol–water partition coefficient (Wildman–Crippen LogP) is 6.37. The van der Waals surface area contributed by atoms with E-state index in [0.717, 1.165) is 17.0 Å². The van der Waals surface area contributed by atoms with Gasteiger partial charge < -0.3 is 4.74 Å². The van der Waals surface area contributed by atoms with E-state index in [-0.39, 0.29) is 5.82 Å². The molecule has 0 bridgehead atoms. The standard InChI is InChI=1S/C23H17FN2OS/c24-19-12-7-13-20(14-19)27-22-15-21(18-10-5-2-6-11-18)25-23(26-22)28-16-17-8-3-1-4-9-17/h1-15H,16H2. The van der Waals surface area contributed by atoms with Gasteiger partial charge in [-0.3, -0.25) is 0 Å². The number of hydrogen-bond acceptors (Lipinski definition) is 4. The number of aromatic nitrogens is 2. The summed E-state index contributed by atoms with van der Waals surface area (Å²) in [4.78, 5) is 9.18. The first-order chi connectivity index (χ1) is 13.8. The molecule has 0 N–H and O–H groups in total. The number of hydrogen-bond donors (Lipinski definition) is 0. The molecule has 0 aliphatic carbocycles. The highest BCUT2D eigenvalue weighted by atomic mass is 32.2. The van der Waals surface area contributed by atoms with Gasteiger partial charge in [0, 0.05) is 23.4 Å². The zero-order chi connectivity index (χ0) is 19.2. The number of nitrogens with zero attached hydrogens (tertiary/aromatic N) is 2. The quantitative estimate of drug-likeness (QED) is 0.284. The molecule has 3 aromatic carbocycles. The third kappa shape index (κ3) is 4.75. The summed E-state index contributed by atoms with van der Waals surface area (Å²) in [5, 5.41) is 0.608. The Hall–Kier alpha value is -3.18. The van der Waals surface area contributed by atoms with Gasteiger partial charge in [0.25, 0.3) is 0 Å². The summed E-state index contributed by atoms with van der Waals surface area (Å²) in [7, 11) is 0. The first-order valence-corrected chi connectivity index (χ1v) is 9.79. The van der Waals surface area contributed by atoms with Crippen LogP contribution in [0.5, 0.6) is 11.6 Å². The summed E-state index contributed by atoms with van der Waals surface area (Å²) in [6.07, 6.45) is 0. The second-order valence-electron chi connectivity index (χ2n) is 6.07. The molecule has 0 unspecified atom stereocenters. The van der Waals surface area contributed by atoms with Crippen molar-refractivity contribution in [2.45, 2.75) is 10.9 Å². The number of halogens is 1. The Morgan fingerprint density at radius 2 is 1.54 bits per heavy atom. The maximum absolute atomic E-state index is 13.5. The minimum Gasteiger partial charge on any atom is -0.439 e. The van der Waals surface area contributed by atoms with Gasteiger partial charge in [0.2, 0.25) is 5.88 Å². The average molecular weight is 388 g/mol. The lowest BCUT2D eigenvalue weighted by molar-refractivity contribution is 0.451. The number of benzene rings is 3. The van der Waals surface area contributed by atoms with Crippen molar-refractivity contribution in [1.29, 1.82) is 0 Å². The molecule has 3 nitrogen and oxygen atoms in total. The Labute approximate surface area is 167 Å². The van der Waals surface area contributed by atoms with Crippen molar-refractivity contribution in [3.05, 3.63) is 102 Å². The van der Waals surface area contributed by atoms with Gasteiger partial charge >= 0.3 is 0 Å². The second kappa shape index (κ2) is 8.67. The SMILES string of the molecule is Fc1cccc(Oc2cc(-c3ccccc3)nc(SCc3ccccc3)n2)c1. The normalized spacial score (nSPS) is 10.6. The molecule has 0 saturated carbocycles. The van der Waals surface area contributed by atoms with E-state index in [2.05, 4.69) is 22.1 Å². The van der Waals surface area contributed by atoms with Crippen molar-refractivity contribution in [1.82, 2.24) is 9.97 Å². The highest BCUT2D eigenvalue weighted by molar-refractivity contribution is 7.98. The van der Waals surface area contributed by atoms with Crippen molar-refractivity contribution in [2.75, 3.05) is 0 Å². The van der Waals surface area contributed by atoms with Crippen molar-refractivity contribution in [3.8, 4) is 22.9 Å². The van der Waals surface area contributed by atoms with Gasteiger partial charge in [-0.05, 0) is 17.7 Å². The van der Waals surface area contributed by atoms with E-state index in [1.807, 2.05) is 48.5 Å². The van der Waals surface area contributed by atoms with Crippen LogP contribution in [0.3, 0.4) is 0 Å². The lowest BCUT2D eigenvalue weighted by Gasteiger charge is -2.09. The zero-order valence-electron chi connectivity index (χ0n) is 15.0. The number of thioether (sulfide) groups is 1. The monoisotopic (exact) mass is 388 g/mol. The molecule has 1 aromatic heterocycles. The van der Waals surface area contributed by atoms with Crippen LogP contribution in [0.4, 0.5) is 4.39 Å². The van der Waals surface area contributed by atoms with Crippen molar-refractivity contribution < 1.29 is 9.13 Å². The van der Waals surface area contributed by atoms with Gasteiger partial charge in [0.05, 0.1) is 5.69 Å². The predicted molar refractivity (Wildman–Crippen MR) is 110 cm³/mol. The van der Waals surface area contributed by atoms with Gasteiger partial charge in [-0.1, -0.05) is 78.5 Å². The Morgan fingerprint density at radius 1 is 0.786 bits per heavy atom. The number of rotatable bonds is 6. The Bertz CT molecular complexity index is 1060. The van der Waals surface area contributed by atoms with Crippen LogP contribution in [0, 0.1) is 5.82 Å². The molecular weight excluding hydrogens is 371 g/mol. The molecule has 138 valence electrons. The van der Waals surface area contributed by atoms with Gasteiger partial charge in [0.15, 0.2) is 5.16 Å². The molecule has 0 saturated heterocycles. The molecule has 0 spiro atoms.